The maximum Gasteiger partial charge on any atom is 0.410 e. The Hall–Kier alpha value is -9.89. The average molecular weight is 1340 g/mol. The third kappa shape index (κ3) is 16.2. The van der Waals surface area contributed by atoms with E-state index in [9.17, 15) is 63.7 Å². The first kappa shape index (κ1) is 70.4. The molecule has 3 saturated heterocycles. The van der Waals surface area contributed by atoms with Gasteiger partial charge in [-0.15, -0.1) is 11.8 Å². The van der Waals surface area contributed by atoms with E-state index in [1.807, 2.05) is 19.1 Å². The summed E-state index contributed by atoms with van der Waals surface area (Å²) in [4.78, 5) is 137. The van der Waals surface area contributed by atoms with Gasteiger partial charge >= 0.3 is 18.0 Å². The van der Waals surface area contributed by atoms with E-state index in [4.69, 9.17) is 28.4 Å². The number of non-ortho nitro benzene ring substituents is 2. The van der Waals surface area contributed by atoms with Gasteiger partial charge in [-0.05, 0) is 141 Å². The molecule has 0 radical (unpaired) electrons. The number of fused-ring (bicyclic) bond motifs is 1. The second-order valence-corrected chi connectivity index (χ2v) is 25.9. The second-order valence-electron chi connectivity index (χ2n) is 24.6. The number of ether oxygens (including phenoxy) is 6. The minimum Gasteiger partial charge on any atom is -0.493 e. The number of nitro benzene ring substituents is 2. The van der Waals surface area contributed by atoms with Crippen molar-refractivity contribution >= 4 is 76.3 Å². The molecule has 4 aliphatic rings. The fourth-order valence-corrected chi connectivity index (χ4v) is 13.6. The van der Waals surface area contributed by atoms with Crippen LogP contribution in [0.2, 0.25) is 0 Å². The van der Waals surface area contributed by atoms with Crippen LogP contribution in [0, 0.1) is 37.5 Å². The molecule has 0 aliphatic carbocycles. The third-order valence-electron chi connectivity index (χ3n) is 17.8. The summed E-state index contributed by atoms with van der Waals surface area (Å²) >= 11 is 1.17. The monoisotopic (exact) mass is 1340 g/mol. The van der Waals surface area contributed by atoms with Crippen molar-refractivity contribution in [3.8, 4) is 17.2 Å². The Labute approximate surface area is 558 Å². The Morgan fingerprint density at radius 1 is 0.792 bits per heavy atom. The van der Waals surface area contributed by atoms with Gasteiger partial charge in [-0.1, -0.05) is 52.0 Å². The molecule has 3 fully saturated rings. The van der Waals surface area contributed by atoms with Crippen molar-refractivity contribution in [3.05, 3.63) is 174 Å². The smallest absolute Gasteiger partial charge is 0.410 e. The second kappa shape index (κ2) is 31.1. The fourth-order valence-electron chi connectivity index (χ4n) is 12.1. The minimum absolute atomic E-state index is 0.000387. The predicted molar refractivity (Wildman–Crippen MR) is 349 cm³/mol. The van der Waals surface area contributed by atoms with E-state index >= 15 is 0 Å². The van der Waals surface area contributed by atoms with Crippen molar-refractivity contribution in [3.63, 3.8) is 0 Å². The van der Waals surface area contributed by atoms with Gasteiger partial charge in [0.25, 0.3) is 23.2 Å². The third-order valence-corrected chi connectivity index (χ3v) is 19.3. The molecule has 9 rings (SSSR count). The van der Waals surface area contributed by atoms with Crippen molar-refractivity contribution in [2.75, 3.05) is 45.8 Å². The summed E-state index contributed by atoms with van der Waals surface area (Å²) in [5.41, 5.74) is 1.38. The molecule has 5 amide bonds. The van der Waals surface area contributed by atoms with Crippen LogP contribution in [-0.4, -0.2) is 147 Å². The van der Waals surface area contributed by atoms with Crippen molar-refractivity contribution in [1.82, 2.24) is 20.0 Å². The Morgan fingerprint density at radius 2 is 1.45 bits per heavy atom. The number of amides is 5. The quantitative estimate of drug-likeness (QED) is 0.00798. The largest absolute Gasteiger partial charge is 0.493 e. The van der Waals surface area contributed by atoms with Crippen molar-refractivity contribution < 1.29 is 81.7 Å². The molecular weight excluding hydrogens is 1260 g/mol. The zero-order valence-electron chi connectivity index (χ0n) is 54.2. The summed E-state index contributed by atoms with van der Waals surface area (Å²) in [6.45, 7) is 8.09. The van der Waals surface area contributed by atoms with E-state index in [2.05, 4.69) is 10.6 Å². The highest BCUT2D eigenvalue weighted by molar-refractivity contribution is 8.03. The van der Waals surface area contributed by atoms with Crippen LogP contribution in [0.1, 0.15) is 112 Å². The number of hydrogen-bond donors (Lipinski definition) is 3. The summed E-state index contributed by atoms with van der Waals surface area (Å²) in [5.74, 6) is -4.33. The molecule has 5 aromatic carbocycles. The molecule has 8 atom stereocenters. The number of anilines is 1. The topological polar surface area (TPSA) is 332 Å². The van der Waals surface area contributed by atoms with Crippen LogP contribution < -0.4 is 24.8 Å². The SMILES string of the molecule is CCC(C)(C)C(=O)C(=O)N1CCCCC1C(=O)O[C@H](CCc1ccc(OC)c(OC)c1)c1cccc(OCCNC(=O)c2cccc(NC(=O)[C@@H]3C[C@H](SC4=C(C(=O)OCc5ccc([N+](=O)[O-])cc5)N5C(=O)[C@H]([C@@H](C)O)[C@H]5[C@H]4C)CN3C(=O)OCc3ccc([N+](=O)[O-])cc3)c2)c1. The van der Waals surface area contributed by atoms with E-state index in [1.54, 1.807) is 63.2 Å². The van der Waals surface area contributed by atoms with E-state index in [0.717, 1.165) is 5.56 Å². The zero-order chi connectivity index (χ0) is 69.1. The van der Waals surface area contributed by atoms with Gasteiger partial charge in [-0.2, -0.15) is 0 Å². The molecule has 0 aromatic heterocycles. The number of rotatable bonds is 28. The highest BCUT2D eigenvalue weighted by atomic mass is 32.2. The molecule has 0 saturated carbocycles. The van der Waals surface area contributed by atoms with E-state index < -0.39 is 110 Å². The number of Topliss-reactive ketones (excluding diaryl/α,β-unsaturated/α-hetero) is 1. The number of aliphatic hydroxyl groups excluding tert-OH is 1. The van der Waals surface area contributed by atoms with E-state index in [0.29, 0.717) is 77.4 Å². The molecule has 0 spiro atoms. The lowest BCUT2D eigenvalue weighted by atomic mass is 9.79. The van der Waals surface area contributed by atoms with E-state index in [1.165, 1.54) is 108 Å². The minimum atomic E-state index is -1.20. The number of nitrogens with one attached hydrogen (secondary N) is 2. The summed E-state index contributed by atoms with van der Waals surface area (Å²) in [6.07, 6.45) is 0.0183. The number of carbonyl (C=O) groups is 8. The number of aryl methyl sites for hydroxylation is 1. The number of aliphatic hydroxyl groups is 1. The highest BCUT2D eigenvalue weighted by Crippen LogP contribution is 2.53. The average Bonchev–Trinajstić information content (AvgIpc) is 1.55. The van der Waals surface area contributed by atoms with Crippen LogP contribution in [0.25, 0.3) is 0 Å². The molecule has 4 aliphatic heterocycles. The fraction of sp³-hybridized carbons (Fsp3) is 0.420. The number of esters is 2. The number of carbonyl (C=O) groups excluding carboxylic acids is 8. The normalized spacial score (nSPS) is 19.6. The first-order valence-electron chi connectivity index (χ1n) is 31.6. The van der Waals surface area contributed by atoms with Gasteiger partial charge < -0.3 is 54.0 Å². The van der Waals surface area contributed by atoms with Gasteiger partial charge in [0, 0.05) is 70.1 Å². The van der Waals surface area contributed by atoms with Gasteiger partial charge in [-0.3, -0.25) is 49.1 Å². The lowest BCUT2D eigenvalue weighted by Gasteiger charge is -2.46. The molecular formula is C69H77N7O19S. The molecule has 96 heavy (non-hydrogen) atoms. The first-order chi connectivity index (χ1) is 45.9. The van der Waals surface area contributed by atoms with Gasteiger partial charge in [-0.25, -0.2) is 14.4 Å². The number of benzene rings is 5. The predicted octanol–water partition coefficient (Wildman–Crippen LogP) is 9.20. The van der Waals surface area contributed by atoms with Gasteiger partial charge in [0.15, 0.2) is 11.5 Å². The Balaban J connectivity index is 0.869. The Morgan fingerprint density at radius 3 is 2.09 bits per heavy atom. The molecule has 4 heterocycles. The van der Waals surface area contributed by atoms with Crippen molar-refractivity contribution in [2.45, 2.75) is 128 Å². The lowest BCUT2D eigenvalue weighted by molar-refractivity contribution is -0.385. The molecule has 3 N–H and O–H groups in total. The van der Waals surface area contributed by atoms with Crippen LogP contribution in [0.5, 0.6) is 17.2 Å². The molecule has 508 valence electrons. The maximum absolute atomic E-state index is 14.5. The maximum atomic E-state index is 14.5. The summed E-state index contributed by atoms with van der Waals surface area (Å²) in [7, 11) is 3.07. The number of hydrogen-bond acceptors (Lipinski definition) is 20. The van der Waals surface area contributed by atoms with Crippen molar-refractivity contribution in [2.24, 2.45) is 17.3 Å². The molecule has 5 aromatic rings. The van der Waals surface area contributed by atoms with Crippen LogP contribution in [0.15, 0.2) is 126 Å². The lowest BCUT2D eigenvalue weighted by Crippen LogP contribution is -2.63. The van der Waals surface area contributed by atoms with Crippen LogP contribution in [0.4, 0.5) is 21.9 Å². The van der Waals surface area contributed by atoms with E-state index in [-0.39, 0.29) is 74.2 Å². The Kier molecular flexibility index (Phi) is 22.8. The highest BCUT2D eigenvalue weighted by Gasteiger charge is 2.61. The Bertz CT molecular complexity index is 3800. The van der Waals surface area contributed by atoms with Crippen LogP contribution in [0.3, 0.4) is 0 Å². The molecule has 1 unspecified atom stereocenters. The van der Waals surface area contributed by atoms with Crippen LogP contribution in [-0.2, 0) is 62.6 Å². The summed E-state index contributed by atoms with van der Waals surface area (Å²) < 4.78 is 34.8. The summed E-state index contributed by atoms with van der Waals surface area (Å²) in [6, 6.07) is 26.6. The van der Waals surface area contributed by atoms with Crippen molar-refractivity contribution in [1.29, 1.82) is 0 Å². The number of nitrogens with zero attached hydrogens (tertiary/aromatic N) is 5. The van der Waals surface area contributed by atoms with Gasteiger partial charge in [0.1, 0.15) is 49.5 Å². The number of thioether (sulfide) groups is 1. The standard InChI is InChI=1S/C69H77N7O19S/c1-8-69(4,5)61(78)65(82)72-31-10-9-17-52(72)66(83)95-54(28-22-42-23-29-55(90-6)56(33-42)91-7)45-13-12-16-50(35-45)92-32-30-70-62(79)46-14-11-15-47(34-46)71-63(80)53-36-51(37-73(53)68(85)94-39-44-20-26-49(27-21-44)76(88)89)96-60-40(2)58-57(41(3)77)64(81)74(58)59(60)67(84)93-38-43-18-24-48(25-19-43)75(86)87/h11-16,18-21,23-27,29,33-35,40-41,51-54,57-58,77H,8-10,17,22,28,30-32,36-39H2,1-7H3,(H,70,79)(H,71,80)/t40-,41-,51+,52?,53+,54-,57-,58-/m1/s1. The number of nitro groups is 2. The molecule has 0 bridgehead atoms. The van der Waals surface area contributed by atoms with Crippen LogP contribution >= 0.6 is 11.8 Å². The number of methoxy groups -OCH3 is 2. The van der Waals surface area contributed by atoms with Gasteiger partial charge in [0.05, 0.1) is 48.7 Å². The molecule has 27 heteroatoms. The zero-order valence-corrected chi connectivity index (χ0v) is 55.0. The number of likely N-dealkylation sites (tertiary alicyclic amines) is 2. The van der Waals surface area contributed by atoms with Gasteiger partial charge in [0.2, 0.25) is 17.6 Å². The number of piperidine rings is 1. The first-order valence-corrected chi connectivity index (χ1v) is 32.5. The molecule has 26 nitrogen and oxygen atoms in total. The summed E-state index contributed by atoms with van der Waals surface area (Å²) in [5, 5.41) is 38.3. The number of β-lactam (4-membered cyclic amide) rings is 1. The number of ketones is 1.